The average Bonchev–Trinajstić information content (AvgIpc) is 3.29. The molecule has 35 heavy (non-hydrogen) atoms. The molecule has 0 spiro atoms. The van der Waals surface area contributed by atoms with Gasteiger partial charge in [0.25, 0.3) is 0 Å². The lowest BCUT2D eigenvalue weighted by molar-refractivity contribution is -0.139. The van der Waals surface area contributed by atoms with E-state index in [-0.39, 0.29) is 6.61 Å². The Labute approximate surface area is 204 Å². The molecule has 3 aromatic rings. The molecule has 0 saturated heterocycles. The normalized spacial score (nSPS) is 15.3. The topological polar surface area (TPSA) is 94.5 Å². The van der Waals surface area contributed by atoms with E-state index in [0.29, 0.717) is 29.1 Å². The minimum absolute atomic E-state index is 0.220. The van der Waals surface area contributed by atoms with Gasteiger partial charge in [0.05, 0.1) is 29.6 Å². The number of esters is 1. The number of aromatic nitrogens is 2. The Balaban J connectivity index is 1.87. The van der Waals surface area contributed by atoms with E-state index in [2.05, 4.69) is 17.2 Å². The molecule has 8 heteroatoms. The second-order valence-electron chi connectivity index (χ2n) is 8.08. The summed E-state index contributed by atoms with van der Waals surface area (Å²) in [5.41, 5.74) is 4.69. The summed E-state index contributed by atoms with van der Waals surface area (Å²) in [6.07, 6.45) is 3.53. The van der Waals surface area contributed by atoms with Gasteiger partial charge in [0.1, 0.15) is 12.4 Å². The molecule has 1 aromatic heterocycles. The SMILES string of the molecule is C=CCOc1ccc(-c2nn(-c3ccccc3)cc2C2NC(=O)NC(C)=C2C(=O)OCC)cc1C. The number of allylic oxidation sites excluding steroid dienone is 1. The number of rotatable bonds is 8. The molecular formula is C27H28N4O4. The van der Waals surface area contributed by atoms with Crippen molar-refractivity contribution in [2.45, 2.75) is 26.8 Å². The summed E-state index contributed by atoms with van der Waals surface area (Å²) in [5, 5.41) is 10.4. The van der Waals surface area contributed by atoms with Gasteiger partial charge in [-0.25, -0.2) is 14.3 Å². The highest BCUT2D eigenvalue weighted by atomic mass is 16.5. The van der Waals surface area contributed by atoms with Gasteiger partial charge >= 0.3 is 12.0 Å². The Morgan fingerprint density at radius 3 is 2.66 bits per heavy atom. The molecule has 180 valence electrons. The Morgan fingerprint density at radius 2 is 1.97 bits per heavy atom. The van der Waals surface area contributed by atoms with Crippen LogP contribution in [0.25, 0.3) is 16.9 Å². The number of nitrogens with zero attached hydrogens (tertiary/aromatic N) is 2. The summed E-state index contributed by atoms with van der Waals surface area (Å²) < 4.78 is 12.8. The number of carbonyl (C=O) groups is 2. The van der Waals surface area contributed by atoms with E-state index in [9.17, 15) is 9.59 Å². The van der Waals surface area contributed by atoms with Crippen LogP contribution in [0.3, 0.4) is 0 Å². The lowest BCUT2D eigenvalue weighted by Crippen LogP contribution is -2.45. The molecule has 0 aliphatic carbocycles. The molecule has 1 aliphatic rings. The molecule has 1 atom stereocenters. The zero-order chi connectivity index (χ0) is 24.9. The molecule has 0 fully saturated rings. The zero-order valence-electron chi connectivity index (χ0n) is 20.0. The number of aryl methyl sites for hydroxylation is 1. The standard InChI is InChI=1S/C27H28N4O4/c1-5-14-35-22-13-12-19(15-17(22)3)24-21(16-31(30-24)20-10-8-7-9-11-20)25-23(26(32)34-6-2)18(4)28-27(33)29-25/h5,7-13,15-16,25H,1,6,14H2,2-4H3,(H2,28,29,33). The second kappa shape index (κ2) is 10.3. The van der Waals surface area contributed by atoms with Gasteiger partial charge in [-0.05, 0) is 56.7 Å². The van der Waals surface area contributed by atoms with Crippen LogP contribution in [0.1, 0.15) is 31.0 Å². The number of carbonyl (C=O) groups excluding carboxylic acids is 2. The van der Waals surface area contributed by atoms with E-state index in [4.69, 9.17) is 14.6 Å². The molecule has 4 rings (SSSR count). The van der Waals surface area contributed by atoms with Crippen molar-refractivity contribution >= 4 is 12.0 Å². The number of nitrogens with one attached hydrogen (secondary N) is 2. The Kier molecular flexibility index (Phi) is 7.01. The second-order valence-corrected chi connectivity index (χ2v) is 8.08. The van der Waals surface area contributed by atoms with E-state index < -0.39 is 18.0 Å². The van der Waals surface area contributed by atoms with Crippen molar-refractivity contribution < 1.29 is 19.1 Å². The van der Waals surface area contributed by atoms with E-state index in [0.717, 1.165) is 22.6 Å². The van der Waals surface area contributed by atoms with Crippen LogP contribution in [-0.2, 0) is 9.53 Å². The fraction of sp³-hybridized carbons (Fsp3) is 0.222. The summed E-state index contributed by atoms with van der Waals surface area (Å²) in [7, 11) is 0. The van der Waals surface area contributed by atoms with Gasteiger partial charge in [-0.3, -0.25) is 0 Å². The van der Waals surface area contributed by atoms with Crippen LogP contribution in [0.4, 0.5) is 4.79 Å². The van der Waals surface area contributed by atoms with Crippen LogP contribution < -0.4 is 15.4 Å². The molecule has 8 nitrogen and oxygen atoms in total. The highest BCUT2D eigenvalue weighted by Gasteiger charge is 2.35. The minimum atomic E-state index is -0.743. The highest BCUT2D eigenvalue weighted by Crippen LogP contribution is 2.36. The van der Waals surface area contributed by atoms with Gasteiger partial charge in [-0.15, -0.1) is 0 Å². The number of benzene rings is 2. The molecular weight excluding hydrogens is 444 g/mol. The summed E-state index contributed by atoms with van der Waals surface area (Å²) >= 11 is 0. The number of ether oxygens (including phenoxy) is 2. The molecule has 2 amide bonds. The Morgan fingerprint density at radius 1 is 1.20 bits per heavy atom. The van der Waals surface area contributed by atoms with Crippen molar-refractivity contribution in [3.05, 3.63) is 89.8 Å². The first kappa shape index (κ1) is 23.8. The third-order valence-electron chi connectivity index (χ3n) is 5.64. The van der Waals surface area contributed by atoms with Crippen molar-refractivity contribution in [1.29, 1.82) is 0 Å². The summed E-state index contributed by atoms with van der Waals surface area (Å²) in [6, 6.07) is 14.3. The molecule has 2 heterocycles. The molecule has 0 saturated carbocycles. The summed E-state index contributed by atoms with van der Waals surface area (Å²) in [5.74, 6) is 0.251. The lowest BCUT2D eigenvalue weighted by Gasteiger charge is -2.27. The first-order chi connectivity index (χ1) is 16.9. The van der Waals surface area contributed by atoms with Crippen molar-refractivity contribution in [2.24, 2.45) is 0 Å². The van der Waals surface area contributed by atoms with E-state index in [1.165, 1.54) is 0 Å². The van der Waals surface area contributed by atoms with Crippen molar-refractivity contribution in [3.8, 4) is 22.7 Å². The van der Waals surface area contributed by atoms with Gasteiger partial charge in [0.2, 0.25) is 0 Å². The maximum absolute atomic E-state index is 12.9. The van der Waals surface area contributed by atoms with Crippen LogP contribution >= 0.6 is 0 Å². The lowest BCUT2D eigenvalue weighted by atomic mass is 9.93. The van der Waals surface area contributed by atoms with Gasteiger partial charge in [-0.2, -0.15) is 5.10 Å². The largest absolute Gasteiger partial charge is 0.489 e. The predicted octanol–water partition coefficient (Wildman–Crippen LogP) is 4.60. The molecule has 2 N–H and O–H groups in total. The smallest absolute Gasteiger partial charge is 0.338 e. The molecule has 1 unspecified atom stereocenters. The molecule has 0 radical (unpaired) electrons. The maximum atomic E-state index is 12.9. The quantitative estimate of drug-likeness (QED) is 0.369. The molecule has 0 bridgehead atoms. The van der Waals surface area contributed by atoms with Crippen molar-refractivity contribution in [2.75, 3.05) is 13.2 Å². The fourth-order valence-electron chi connectivity index (χ4n) is 4.05. The Hall–Kier alpha value is -4.33. The van der Waals surface area contributed by atoms with Crippen molar-refractivity contribution in [3.63, 3.8) is 0 Å². The van der Waals surface area contributed by atoms with Gasteiger partial charge in [-0.1, -0.05) is 30.9 Å². The predicted molar refractivity (Wildman–Crippen MR) is 133 cm³/mol. The van der Waals surface area contributed by atoms with E-state index >= 15 is 0 Å². The van der Waals surface area contributed by atoms with Crippen LogP contribution in [0.15, 0.2) is 78.7 Å². The first-order valence-corrected chi connectivity index (χ1v) is 11.4. The maximum Gasteiger partial charge on any atom is 0.338 e. The fourth-order valence-corrected chi connectivity index (χ4v) is 4.05. The monoisotopic (exact) mass is 472 g/mol. The van der Waals surface area contributed by atoms with Crippen LogP contribution in [0.5, 0.6) is 5.75 Å². The number of hydrogen-bond acceptors (Lipinski definition) is 5. The van der Waals surface area contributed by atoms with E-state index in [1.807, 2.05) is 61.7 Å². The van der Waals surface area contributed by atoms with Gasteiger partial charge in [0, 0.05) is 23.0 Å². The van der Waals surface area contributed by atoms with Crippen LogP contribution in [0, 0.1) is 6.92 Å². The van der Waals surface area contributed by atoms with Gasteiger partial charge in [0.15, 0.2) is 0 Å². The number of amides is 2. The minimum Gasteiger partial charge on any atom is -0.489 e. The third-order valence-corrected chi connectivity index (χ3v) is 5.64. The third kappa shape index (κ3) is 4.96. The Bertz CT molecular complexity index is 1290. The highest BCUT2D eigenvalue weighted by molar-refractivity contribution is 5.95. The van der Waals surface area contributed by atoms with Crippen LogP contribution in [0.2, 0.25) is 0 Å². The average molecular weight is 473 g/mol. The van der Waals surface area contributed by atoms with Crippen LogP contribution in [-0.4, -0.2) is 35.0 Å². The molecule has 2 aromatic carbocycles. The zero-order valence-corrected chi connectivity index (χ0v) is 20.0. The summed E-state index contributed by atoms with van der Waals surface area (Å²) in [6.45, 7) is 9.71. The summed E-state index contributed by atoms with van der Waals surface area (Å²) in [4.78, 5) is 25.3. The number of hydrogen-bond donors (Lipinski definition) is 2. The first-order valence-electron chi connectivity index (χ1n) is 11.4. The molecule has 1 aliphatic heterocycles. The number of para-hydroxylation sites is 1. The van der Waals surface area contributed by atoms with Crippen molar-refractivity contribution in [1.82, 2.24) is 20.4 Å². The van der Waals surface area contributed by atoms with Gasteiger partial charge < -0.3 is 20.1 Å². The van der Waals surface area contributed by atoms with E-state index in [1.54, 1.807) is 24.6 Å². The number of urea groups is 1.